The summed E-state index contributed by atoms with van der Waals surface area (Å²) in [6.45, 7) is 4.39. The minimum absolute atomic E-state index is 0.188. The molecule has 3 nitrogen and oxygen atoms in total. The summed E-state index contributed by atoms with van der Waals surface area (Å²) < 4.78 is 0. The Morgan fingerprint density at radius 3 is 2.82 bits per heavy atom. The molecule has 116 valence electrons. The molecule has 1 atom stereocenters. The number of carbonyl (C=O) groups is 1. The average Bonchev–Trinajstić information content (AvgIpc) is 3.00. The van der Waals surface area contributed by atoms with Gasteiger partial charge in [-0.15, -0.1) is 11.8 Å². The first-order valence-electron chi connectivity index (χ1n) is 7.37. The van der Waals surface area contributed by atoms with Gasteiger partial charge in [-0.25, -0.2) is 0 Å². The fourth-order valence-corrected chi connectivity index (χ4v) is 4.24. The first-order chi connectivity index (χ1) is 10.7. The van der Waals surface area contributed by atoms with E-state index < -0.39 is 0 Å². The summed E-state index contributed by atoms with van der Waals surface area (Å²) >= 11 is 3.40. The minimum atomic E-state index is 0.188. The number of hydrogen-bond acceptors (Lipinski definition) is 4. The second-order valence-corrected chi connectivity index (χ2v) is 7.21. The van der Waals surface area contributed by atoms with E-state index in [1.165, 1.54) is 5.56 Å². The van der Waals surface area contributed by atoms with Crippen LogP contribution >= 0.6 is 23.1 Å². The van der Waals surface area contributed by atoms with Crippen molar-refractivity contribution in [3.8, 4) is 0 Å². The van der Waals surface area contributed by atoms with E-state index in [0.29, 0.717) is 6.54 Å². The number of amides is 1. The number of rotatable bonds is 4. The van der Waals surface area contributed by atoms with Crippen molar-refractivity contribution in [2.45, 2.75) is 24.4 Å². The molecule has 1 aliphatic rings. The molecule has 2 aromatic rings. The van der Waals surface area contributed by atoms with E-state index in [1.807, 2.05) is 17.0 Å². The van der Waals surface area contributed by atoms with Gasteiger partial charge in [0.25, 0.3) is 0 Å². The molecule has 1 fully saturated rings. The molecule has 0 N–H and O–H groups in total. The van der Waals surface area contributed by atoms with Gasteiger partial charge in [0.2, 0.25) is 5.91 Å². The van der Waals surface area contributed by atoms with E-state index in [-0.39, 0.29) is 11.9 Å². The average molecular weight is 332 g/mol. The van der Waals surface area contributed by atoms with Gasteiger partial charge in [0, 0.05) is 24.0 Å². The summed E-state index contributed by atoms with van der Waals surface area (Å²) in [5.41, 5.74) is 2.34. The van der Waals surface area contributed by atoms with Crippen LogP contribution in [-0.2, 0) is 11.3 Å². The molecular formula is C17H20N2OS2. The van der Waals surface area contributed by atoms with Crippen LogP contribution in [0.5, 0.6) is 0 Å². The lowest BCUT2D eigenvalue weighted by molar-refractivity contribution is -0.122. The number of piperazine rings is 1. The lowest BCUT2D eigenvalue weighted by Crippen LogP contribution is -2.55. The van der Waals surface area contributed by atoms with Gasteiger partial charge in [-0.1, -0.05) is 12.1 Å². The SMILES string of the molecule is CSc1ccccc1N1C(=O)CN(Cc2ccsc2)CC1C. The largest absolute Gasteiger partial charge is 0.306 e. The van der Waals surface area contributed by atoms with Gasteiger partial charge in [0.1, 0.15) is 0 Å². The third-order valence-electron chi connectivity index (χ3n) is 3.92. The summed E-state index contributed by atoms with van der Waals surface area (Å²) in [6.07, 6.45) is 2.06. The standard InChI is InChI=1S/C17H20N2OS2/c1-13-9-18(10-14-7-8-22-12-14)11-17(20)19(13)15-5-3-4-6-16(15)21-2/h3-8,12-13H,9-11H2,1-2H3. The molecule has 1 aromatic heterocycles. The summed E-state index contributed by atoms with van der Waals surface area (Å²) in [4.78, 5) is 18.1. The second-order valence-electron chi connectivity index (χ2n) is 5.59. The molecule has 1 aromatic carbocycles. The summed E-state index contributed by atoms with van der Waals surface area (Å²) in [7, 11) is 0. The number of carbonyl (C=O) groups excluding carboxylic acids is 1. The quantitative estimate of drug-likeness (QED) is 0.798. The van der Waals surface area contributed by atoms with Crippen molar-refractivity contribution < 1.29 is 4.79 Å². The van der Waals surface area contributed by atoms with E-state index in [2.05, 4.69) is 47.0 Å². The van der Waals surface area contributed by atoms with Crippen molar-refractivity contribution >= 4 is 34.7 Å². The molecular weight excluding hydrogens is 312 g/mol. The van der Waals surface area contributed by atoms with Crippen LogP contribution in [0.4, 0.5) is 5.69 Å². The topological polar surface area (TPSA) is 23.6 Å². The minimum Gasteiger partial charge on any atom is -0.306 e. The van der Waals surface area contributed by atoms with Crippen molar-refractivity contribution in [2.75, 3.05) is 24.2 Å². The van der Waals surface area contributed by atoms with Gasteiger partial charge < -0.3 is 4.90 Å². The van der Waals surface area contributed by atoms with Crippen molar-refractivity contribution in [3.63, 3.8) is 0 Å². The van der Waals surface area contributed by atoms with Crippen LogP contribution in [0.1, 0.15) is 12.5 Å². The highest BCUT2D eigenvalue weighted by Gasteiger charge is 2.31. The number of benzene rings is 1. The Kier molecular flexibility index (Phi) is 4.86. The van der Waals surface area contributed by atoms with Crippen LogP contribution < -0.4 is 4.90 Å². The highest BCUT2D eigenvalue weighted by molar-refractivity contribution is 7.98. The fraction of sp³-hybridized carbons (Fsp3) is 0.353. The number of thioether (sulfide) groups is 1. The number of thiophene rings is 1. The molecule has 2 heterocycles. The first kappa shape index (κ1) is 15.6. The molecule has 0 radical (unpaired) electrons. The third-order valence-corrected chi connectivity index (χ3v) is 5.44. The number of hydrogen-bond donors (Lipinski definition) is 0. The molecule has 5 heteroatoms. The molecule has 3 rings (SSSR count). The van der Waals surface area contributed by atoms with Crippen molar-refractivity contribution in [3.05, 3.63) is 46.7 Å². The van der Waals surface area contributed by atoms with Crippen LogP contribution in [0.2, 0.25) is 0 Å². The van der Waals surface area contributed by atoms with Crippen molar-refractivity contribution in [1.82, 2.24) is 4.90 Å². The fourth-order valence-electron chi connectivity index (χ4n) is 2.99. The highest BCUT2D eigenvalue weighted by Crippen LogP contribution is 2.31. The molecule has 0 saturated carbocycles. The van der Waals surface area contributed by atoms with Crippen molar-refractivity contribution in [1.29, 1.82) is 0 Å². The van der Waals surface area contributed by atoms with Crippen LogP contribution in [0.3, 0.4) is 0 Å². The maximum absolute atomic E-state index is 12.7. The van der Waals surface area contributed by atoms with E-state index in [9.17, 15) is 4.79 Å². The lowest BCUT2D eigenvalue weighted by Gasteiger charge is -2.40. The Morgan fingerprint density at radius 1 is 1.32 bits per heavy atom. The molecule has 0 bridgehead atoms. The van der Waals surface area contributed by atoms with Gasteiger partial charge in [0.15, 0.2) is 0 Å². The Bertz CT molecular complexity index is 642. The van der Waals surface area contributed by atoms with Crippen LogP contribution in [0.15, 0.2) is 46.0 Å². The molecule has 1 amide bonds. The molecule has 0 spiro atoms. The van der Waals surface area contributed by atoms with E-state index >= 15 is 0 Å². The first-order valence-corrected chi connectivity index (χ1v) is 9.54. The zero-order chi connectivity index (χ0) is 15.5. The highest BCUT2D eigenvalue weighted by atomic mass is 32.2. The summed E-state index contributed by atoms with van der Waals surface area (Å²) in [6, 6.07) is 10.5. The van der Waals surface area contributed by atoms with E-state index in [4.69, 9.17) is 0 Å². The maximum Gasteiger partial charge on any atom is 0.241 e. The normalized spacial score (nSPS) is 19.6. The smallest absolute Gasteiger partial charge is 0.241 e. The van der Waals surface area contributed by atoms with Gasteiger partial charge in [-0.2, -0.15) is 11.3 Å². The van der Waals surface area contributed by atoms with Crippen LogP contribution in [0, 0.1) is 0 Å². The van der Waals surface area contributed by atoms with Crippen LogP contribution in [0.25, 0.3) is 0 Å². The zero-order valence-corrected chi connectivity index (χ0v) is 14.5. The predicted molar refractivity (Wildman–Crippen MR) is 94.8 cm³/mol. The Labute approximate surface area is 139 Å². The molecule has 22 heavy (non-hydrogen) atoms. The van der Waals surface area contributed by atoms with Gasteiger partial charge in [-0.05, 0) is 47.7 Å². The summed E-state index contributed by atoms with van der Waals surface area (Å²) in [5.74, 6) is 0.190. The summed E-state index contributed by atoms with van der Waals surface area (Å²) in [5, 5.41) is 4.25. The molecule has 0 aliphatic carbocycles. The Hall–Kier alpha value is -1.30. The maximum atomic E-state index is 12.7. The second kappa shape index (κ2) is 6.86. The van der Waals surface area contributed by atoms with Crippen LogP contribution in [-0.4, -0.2) is 36.2 Å². The lowest BCUT2D eigenvalue weighted by atomic mass is 10.1. The molecule has 1 saturated heterocycles. The zero-order valence-electron chi connectivity index (χ0n) is 12.9. The van der Waals surface area contributed by atoms with E-state index in [1.54, 1.807) is 23.1 Å². The van der Waals surface area contributed by atoms with Gasteiger partial charge in [-0.3, -0.25) is 9.69 Å². The number of anilines is 1. The molecule has 1 aliphatic heterocycles. The number of nitrogens with zero attached hydrogens (tertiary/aromatic N) is 2. The predicted octanol–water partition coefficient (Wildman–Crippen LogP) is 3.71. The van der Waals surface area contributed by atoms with Gasteiger partial charge in [0.05, 0.1) is 12.2 Å². The van der Waals surface area contributed by atoms with Gasteiger partial charge >= 0.3 is 0 Å². The van der Waals surface area contributed by atoms with Crippen molar-refractivity contribution in [2.24, 2.45) is 0 Å². The monoisotopic (exact) mass is 332 g/mol. The number of para-hydroxylation sites is 1. The van der Waals surface area contributed by atoms with E-state index in [0.717, 1.165) is 23.7 Å². The third kappa shape index (κ3) is 3.21. The molecule has 1 unspecified atom stereocenters. The Morgan fingerprint density at radius 2 is 2.14 bits per heavy atom. The Balaban J connectivity index is 1.77.